The molecule has 8 rings (SSSR count). The third-order valence-corrected chi connectivity index (χ3v) is 23.5. The molecule has 3 aliphatic heterocycles. The van der Waals surface area contributed by atoms with Crippen LogP contribution in [0, 0.1) is 35.5 Å². The number of hydrogen-bond donors (Lipinski definition) is 6. The van der Waals surface area contributed by atoms with Gasteiger partial charge in [0.15, 0.2) is 11.4 Å². The maximum atomic E-state index is 14.6. The molecule has 704 valence electrons. The zero-order valence-electron chi connectivity index (χ0n) is 76.9. The number of H-pyrrole nitrogens is 1. The van der Waals surface area contributed by atoms with Crippen molar-refractivity contribution in [3.63, 3.8) is 0 Å². The van der Waals surface area contributed by atoms with Crippen molar-refractivity contribution in [2.24, 2.45) is 35.5 Å². The third-order valence-electron chi connectivity index (χ3n) is 23.5. The number of amides is 1. The van der Waals surface area contributed by atoms with Gasteiger partial charge in [-0.3, -0.25) is 24.0 Å². The number of allylic oxidation sites excluding steroid dienone is 5. The molecular weight excluding hydrogens is 1610 g/mol. The Bertz CT molecular complexity index is 3940. The molecule has 3 fully saturated rings. The molecule has 0 spiro atoms. The first-order chi connectivity index (χ1) is 60.2. The van der Waals surface area contributed by atoms with E-state index in [4.69, 9.17) is 77.1 Å². The zero-order chi connectivity index (χ0) is 91.2. The average Bonchev–Trinajstić information content (AvgIpc) is 1.66. The fourth-order valence-electron chi connectivity index (χ4n) is 16.2. The number of phenolic OH excluding ortho intramolecular Hbond substituents is 1. The van der Waals surface area contributed by atoms with Crippen LogP contribution in [-0.4, -0.2) is 280 Å². The molecular formula is C94H149N7O24. The van der Waals surface area contributed by atoms with E-state index in [1.807, 2.05) is 88.7 Å². The Balaban J connectivity index is 0.000000371. The van der Waals surface area contributed by atoms with E-state index in [-0.39, 0.29) is 73.0 Å². The molecule has 31 nitrogen and oxygen atoms in total. The van der Waals surface area contributed by atoms with Crippen molar-refractivity contribution in [3.05, 3.63) is 78.2 Å². The number of ether oxygens (including phenoxy) is 14. The molecule has 0 unspecified atom stereocenters. The number of carbonyl (C=O) groups is 6. The zero-order valence-corrected chi connectivity index (χ0v) is 76.9. The van der Waals surface area contributed by atoms with E-state index < -0.39 is 90.0 Å². The number of aliphatic hydroxyl groups excluding tert-OH is 2. The first kappa shape index (κ1) is 106. The molecule has 7 N–H and O–H groups in total. The van der Waals surface area contributed by atoms with Crippen LogP contribution in [0.5, 0.6) is 5.75 Å². The number of hydrogen-bond acceptors (Lipinski definition) is 28. The van der Waals surface area contributed by atoms with E-state index in [1.165, 1.54) is 18.3 Å². The maximum absolute atomic E-state index is 14.6. The number of Topliss-reactive ketones (excluding diaryl/α,β-unsaturated/α-hetero) is 3. The normalized spacial score (nSPS) is 27.0. The van der Waals surface area contributed by atoms with Crippen LogP contribution in [0.25, 0.3) is 33.3 Å². The van der Waals surface area contributed by atoms with Gasteiger partial charge in [0, 0.05) is 129 Å². The summed E-state index contributed by atoms with van der Waals surface area (Å²) in [5.41, 5.74) is 10.5. The predicted octanol–water partition coefficient (Wildman–Crippen LogP) is 12.3. The van der Waals surface area contributed by atoms with E-state index in [9.17, 15) is 49.2 Å². The molecule has 31 heteroatoms. The minimum atomic E-state index is -2.44. The summed E-state index contributed by atoms with van der Waals surface area (Å²) in [6.45, 7) is 28.8. The minimum Gasteiger partial charge on any atom is -0.508 e. The quantitative estimate of drug-likeness (QED) is 0.0104. The molecule has 2 bridgehead atoms. The number of aliphatic hydroxyl groups is 3. The Kier molecular flexibility index (Phi) is 49.6. The standard InChI is InChI=1S/C56H89NO15.C25H32N6O4.C13H28O5/c1-34-18-13-12-14-19-35(2)46(67-9)32-42-24-22-40(7)56(65,72-42)53(62)54(63)57-26-16-15-20-43(57)55(64)71-47(33-44(58)36(3)29-39(6)51(61)52(69-11)50(60)38(5)28-34)37(4)30-41-23-25-45(48(31-41)68-10)70-49(59)21-17-27-66-8;1-2-34-12-13-35-11-9-18(32)6-4-3-5-10-31-25-22(24(26)27-16-28-25)23(30-31)21-15-17-14-19(33)7-8-20(17)29-21;1-3-5-15-8-9-17-12-13-18-11-10-16-7-6-14-4-2/h12-14,18-19,29,34,36-38,40-48,51-52,58,61,65H,15-17,20-28,30-33H2,1-11H3;7-8,14-16,29,33H,2-6,9-13H2,1H3,(H2,26,27,28);3-13H2,1-2H3/b14-12+,18-13+,35-19+,39-29+;;/t34-,36-,37-,38-,40-,41+,42+,43+,44-,45-,46+,47+,48-,51-,52+,56-;;/m1../s1. The fraction of sp³-hybridized carbons (Fsp3) is 0.713. The number of nitrogens with zero attached hydrogens (tertiary/aromatic N) is 5. The number of nitrogens with two attached hydrogens (primary N) is 1. The van der Waals surface area contributed by atoms with Crippen molar-refractivity contribution in [2.75, 3.05) is 140 Å². The number of piperidine rings is 1. The summed E-state index contributed by atoms with van der Waals surface area (Å²) in [4.78, 5) is 94.8. The highest BCUT2D eigenvalue weighted by Crippen LogP contribution is 2.40. The first-order valence-corrected chi connectivity index (χ1v) is 45.3. The van der Waals surface area contributed by atoms with Crippen LogP contribution >= 0.6 is 0 Å². The van der Waals surface area contributed by atoms with Gasteiger partial charge in [-0.15, -0.1) is 0 Å². The number of aromatic nitrogens is 5. The number of unbranched alkanes of at least 4 members (excludes halogenated alkanes) is 2. The van der Waals surface area contributed by atoms with Crippen molar-refractivity contribution in [3.8, 4) is 17.1 Å². The van der Waals surface area contributed by atoms with Crippen molar-refractivity contribution in [2.45, 2.75) is 265 Å². The first-order valence-electron chi connectivity index (χ1n) is 45.3. The number of rotatable bonds is 40. The number of aromatic amines is 1. The number of anilines is 1. The molecule has 0 radical (unpaired) electrons. The van der Waals surface area contributed by atoms with Crippen molar-refractivity contribution < 1.29 is 116 Å². The van der Waals surface area contributed by atoms with Gasteiger partial charge in [-0.1, -0.05) is 84.4 Å². The smallest absolute Gasteiger partial charge is 0.329 e. The lowest BCUT2D eigenvalue weighted by Gasteiger charge is -2.43. The van der Waals surface area contributed by atoms with E-state index in [0.29, 0.717) is 204 Å². The number of nitrogen functional groups attached to an aromatic ring is 1. The minimum absolute atomic E-state index is 0.0103. The topological polar surface area (TPSA) is 401 Å². The number of phenols is 1. The highest BCUT2D eigenvalue weighted by Gasteiger charge is 2.53. The molecule has 4 aliphatic rings. The fourth-order valence-corrected chi connectivity index (χ4v) is 16.2. The second-order valence-electron chi connectivity index (χ2n) is 33.4. The average molecular weight is 1760 g/mol. The molecule has 16 atom stereocenters. The maximum Gasteiger partial charge on any atom is 0.329 e. The van der Waals surface area contributed by atoms with Crippen molar-refractivity contribution in [1.29, 1.82) is 0 Å². The van der Waals surface area contributed by atoms with Crippen LogP contribution in [-0.2, 0) is 102 Å². The summed E-state index contributed by atoms with van der Waals surface area (Å²) in [5, 5.41) is 51.6. The number of aryl methyl sites for hydroxylation is 1. The molecule has 1 aliphatic carbocycles. The van der Waals surface area contributed by atoms with Gasteiger partial charge >= 0.3 is 11.9 Å². The van der Waals surface area contributed by atoms with Crippen LogP contribution in [0.15, 0.2) is 78.2 Å². The summed E-state index contributed by atoms with van der Waals surface area (Å²) < 4.78 is 79.6. The Labute approximate surface area is 740 Å². The number of ketones is 3. The highest BCUT2D eigenvalue weighted by atomic mass is 16.6. The molecule has 1 amide bonds. The lowest BCUT2D eigenvalue weighted by Crippen LogP contribution is -2.61. The summed E-state index contributed by atoms with van der Waals surface area (Å²) in [5.74, 6) is -7.03. The number of benzene rings is 1. The van der Waals surface area contributed by atoms with Crippen molar-refractivity contribution in [1.82, 2.24) is 29.6 Å². The monoisotopic (exact) mass is 1760 g/mol. The van der Waals surface area contributed by atoms with Gasteiger partial charge in [-0.25, -0.2) is 19.4 Å². The van der Waals surface area contributed by atoms with Crippen LogP contribution in [0.1, 0.15) is 198 Å². The second-order valence-corrected chi connectivity index (χ2v) is 33.4. The highest BCUT2D eigenvalue weighted by molar-refractivity contribution is 6.39. The largest absolute Gasteiger partial charge is 0.508 e. The van der Waals surface area contributed by atoms with Crippen molar-refractivity contribution >= 4 is 62.9 Å². The Morgan fingerprint density at radius 1 is 0.696 bits per heavy atom. The molecule has 125 heavy (non-hydrogen) atoms. The van der Waals surface area contributed by atoms with Crippen LogP contribution in [0.3, 0.4) is 0 Å². The number of methoxy groups -OCH3 is 4. The van der Waals surface area contributed by atoms with Gasteiger partial charge in [0.25, 0.3) is 11.7 Å². The number of nitrogens with one attached hydrogen (secondary N) is 1. The van der Waals surface area contributed by atoms with Gasteiger partial charge in [-0.2, -0.15) is 5.10 Å². The van der Waals surface area contributed by atoms with E-state index in [1.54, 1.807) is 60.3 Å². The molecule has 6 heterocycles. The van der Waals surface area contributed by atoms with E-state index in [0.717, 1.165) is 61.1 Å². The number of esters is 2. The second kappa shape index (κ2) is 58.3. The Hall–Kier alpha value is -7.31. The van der Waals surface area contributed by atoms with Crippen LogP contribution in [0.2, 0.25) is 0 Å². The summed E-state index contributed by atoms with van der Waals surface area (Å²) in [7, 11) is 6.15. The SMILES string of the molecule is CCCOCCOCCOCCOCCOCC.CCOCCOCCC(=O)CCCCCn1nc(-c2cc3cc(O)ccc3[nH]2)c2c(N)ncnc21.COCCCC(=O)O[C@@H]1CC[C@@H](C[C@@H](C)[C@@H]2C[C@@H](O)[C@H](C)/C=C(\C)[C@@H](O)[C@@H](OC)C(=O)[C@H](C)C[C@H](C)/C=C/C=C/C=C(\C)[C@@H](OC)C[C@@H]3CC[C@@H](C)[C@@](O)(O3)C(=O)C(=O)N3CCCC[C@H]3C(=O)O2)C[C@H]1OC. The van der Waals surface area contributed by atoms with E-state index >= 15 is 0 Å². The third kappa shape index (κ3) is 35.6. The number of carbonyl (C=O) groups excluding carboxylic acids is 6. The molecule has 3 aromatic heterocycles. The molecule has 2 saturated heterocycles. The predicted molar refractivity (Wildman–Crippen MR) is 475 cm³/mol. The van der Waals surface area contributed by atoms with Gasteiger partial charge in [0.2, 0.25) is 5.79 Å². The van der Waals surface area contributed by atoms with Crippen LogP contribution in [0.4, 0.5) is 5.82 Å². The van der Waals surface area contributed by atoms with Gasteiger partial charge in [0.1, 0.15) is 59.8 Å². The number of cyclic esters (lactones) is 1. The summed E-state index contributed by atoms with van der Waals surface area (Å²) >= 11 is 0. The number of aromatic hydroxyl groups is 1. The van der Waals surface area contributed by atoms with Gasteiger partial charge < -0.3 is 102 Å². The number of fused-ring (bicyclic) bond motifs is 5. The lowest BCUT2D eigenvalue weighted by molar-refractivity contribution is -0.265. The summed E-state index contributed by atoms with van der Waals surface area (Å²) in [6, 6.07) is 5.95. The summed E-state index contributed by atoms with van der Waals surface area (Å²) in [6.07, 6.45) is 17.5. The molecule has 4 aromatic rings. The van der Waals surface area contributed by atoms with Gasteiger partial charge in [-0.05, 0) is 171 Å². The lowest BCUT2D eigenvalue weighted by atomic mass is 9.78. The van der Waals surface area contributed by atoms with Gasteiger partial charge in [0.05, 0.1) is 108 Å². The van der Waals surface area contributed by atoms with Crippen LogP contribution < -0.4 is 5.73 Å². The molecule has 1 aromatic carbocycles. The Morgan fingerprint density at radius 2 is 1.38 bits per heavy atom. The molecule has 1 saturated carbocycles. The van der Waals surface area contributed by atoms with E-state index in [2.05, 4.69) is 21.9 Å². The Morgan fingerprint density at radius 3 is 2.03 bits per heavy atom.